The second-order valence-corrected chi connectivity index (χ2v) is 4.01. The molecule has 2 aromatic rings. The molecule has 0 amide bonds. The van der Waals surface area contributed by atoms with Crippen LogP contribution in [0, 0.1) is 6.92 Å². The summed E-state index contributed by atoms with van der Waals surface area (Å²) < 4.78 is 1.38. The van der Waals surface area contributed by atoms with Crippen molar-refractivity contribution in [3.05, 3.63) is 51.4 Å². The fourth-order valence-electron chi connectivity index (χ4n) is 1.46. The van der Waals surface area contributed by atoms with Crippen LogP contribution in [-0.4, -0.2) is 14.5 Å². The average molecular weight is 251 g/mol. The number of hydrogen-bond donors (Lipinski definition) is 1. The van der Waals surface area contributed by atoms with Gasteiger partial charge in [-0.3, -0.25) is 14.3 Å². The first-order chi connectivity index (χ1) is 8.08. The molecule has 0 saturated carbocycles. The molecule has 2 rings (SSSR count). The molecule has 0 atom stereocenters. The van der Waals surface area contributed by atoms with Crippen LogP contribution in [0.4, 0.5) is 5.69 Å². The van der Waals surface area contributed by atoms with E-state index in [4.69, 9.17) is 17.3 Å². The van der Waals surface area contributed by atoms with Crippen LogP contribution in [-0.2, 0) is 6.54 Å². The Balaban J connectivity index is 2.37. The number of nitrogen functional groups attached to an aromatic ring is 1. The predicted octanol–water partition coefficient (Wildman–Crippen LogP) is 1.23. The monoisotopic (exact) mass is 250 g/mol. The van der Waals surface area contributed by atoms with E-state index < -0.39 is 0 Å². The van der Waals surface area contributed by atoms with E-state index in [2.05, 4.69) is 9.97 Å². The van der Waals surface area contributed by atoms with Gasteiger partial charge in [-0.15, -0.1) is 0 Å². The molecule has 0 saturated heterocycles. The minimum atomic E-state index is -0.353. The summed E-state index contributed by atoms with van der Waals surface area (Å²) in [5.41, 5.74) is 6.79. The lowest BCUT2D eigenvalue weighted by Gasteiger charge is -2.06. The van der Waals surface area contributed by atoms with Crippen molar-refractivity contribution in [3.8, 4) is 0 Å². The third-order valence-corrected chi connectivity index (χ3v) is 2.60. The van der Waals surface area contributed by atoms with Crippen LogP contribution in [0.2, 0.25) is 5.15 Å². The second kappa shape index (κ2) is 4.55. The van der Waals surface area contributed by atoms with Crippen LogP contribution in [0.5, 0.6) is 0 Å². The summed E-state index contributed by atoms with van der Waals surface area (Å²) in [7, 11) is 0. The zero-order valence-corrected chi connectivity index (χ0v) is 9.98. The molecule has 0 aliphatic rings. The van der Waals surface area contributed by atoms with Gasteiger partial charge in [-0.05, 0) is 19.1 Å². The lowest BCUT2D eigenvalue weighted by atomic mass is 10.3. The smallest absolute Gasteiger partial charge is 0.278 e. The molecule has 0 aliphatic heterocycles. The Bertz CT molecular complexity index is 609. The van der Waals surface area contributed by atoms with Gasteiger partial charge in [-0.2, -0.15) is 0 Å². The van der Waals surface area contributed by atoms with E-state index in [1.807, 2.05) is 25.1 Å². The zero-order valence-electron chi connectivity index (χ0n) is 9.22. The Labute approximate surface area is 103 Å². The van der Waals surface area contributed by atoms with Gasteiger partial charge in [-0.1, -0.05) is 17.7 Å². The summed E-state index contributed by atoms with van der Waals surface area (Å²) in [5.74, 6) is 0. The van der Waals surface area contributed by atoms with Gasteiger partial charge in [0.25, 0.3) is 5.56 Å². The molecule has 0 bridgehead atoms. The first kappa shape index (κ1) is 11.6. The molecular formula is C11H11ClN4O. The summed E-state index contributed by atoms with van der Waals surface area (Å²) in [6.45, 7) is 2.22. The van der Waals surface area contributed by atoms with Gasteiger partial charge in [0.05, 0.1) is 18.6 Å². The maximum atomic E-state index is 11.8. The second-order valence-electron chi connectivity index (χ2n) is 3.65. The van der Waals surface area contributed by atoms with Crippen LogP contribution < -0.4 is 11.3 Å². The van der Waals surface area contributed by atoms with Crippen LogP contribution in [0.3, 0.4) is 0 Å². The van der Waals surface area contributed by atoms with Gasteiger partial charge in [0.2, 0.25) is 0 Å². The van der Waals surface area contributed by atoms with Crippen LogP contribution in [0.15, 0.2) is 29.3 Å². The summed E-state index contributed by atoms with van der Waals surface area (Å²) >= 11 is 5.65. The quantitative estimate of drug-likeness (QED) is 0.814. The molecule has 0 radical (unpaired) electrons. The first-order valence-corrected chi connectivity index (χ1v) is 5.38. The van der Waals surface area contributed by atoms with E-state index in [0.29, 0.717) is 6.54 Å². The van der Waals surface area contributed by atoms with Gasteiger partial charge in [0.1, 0.15) is 5.69 Å². The molecule has 2 aromatic heterocycles. The van der Waals surface area contributed by atoms with Crippen LogP contribution in [0.25, 0.3) is 0 Å². The zero-order chi connectivity index (χ0) is 12.4. The minimum absolute atomic E-state index is 0.0310. The molecular weight excluding hydrogens is 240 g/mol. The van der Waals surface area contributed by atoms with E-state index in [9.17, 15) is 4.79 Å². The van der Waals surface area contributed by atoms with Crippen LogP contribution >= 0.6 is 11.6 Å². The standard InChI is InChI=1S/C11H11ClN4O/c1-7-3-2-4-8(15-7)5-16-6-14-10(12)9(13)11(16)17/h2-4,6H,5,13H2,1H3. The third kappa shape index (κ3) is 2.45. The van der Waals surface area contributed by atoms with Crippen molar-refractivity contribution < 1.29 is 0 Å². The van der Waals surface area contributed by atoms with E-state index >= 15 is 0 Å². The Kier molecular flexibility index (Phi) is 3.10. The number of pyridine rings is 1. The molecule has 6 heteroatoms. The molecule has 0 aliphatic carbocycles. The van der Waals surface area contributed by atoms with Gasteiger partial charge >= 0.3 is 0 Å². The number of hydrogen-bond acceptors (Lipinski definition) is 4. The van der Waals surface area contributed by atoms with Crippen molar-refractivity contribution in [1.29, 1.82) is 0 Å². The van der Waals surface area contributed by atoms with Gasteiger partial charge < -0.3 is 5.73 Å². The molecule has 2 N–H and O–H groups in total. The van der Waals surface area contributed by atoms with Gasteiger partial charge in [-0.25, -0.2) is 4.98 Å². The lowest BCUT2D eigenvalue weighted by molar-refractivity contribution is 0.719. The average Bonchev–Trinajstić information content (AvgIpc) is 2.30. The van der Waals surface area contributed by atoms with E-state index in [0.717, 1.165) is 11.4 Å². The van der Waals surface area contributed by atoms with Crippen molar-refractivity contribution in [1.82, 2.24) is 14.5 Å². The Hall–Kier alpha value is -1.88. The molecule has 2 heterocycles. The SMILES string of the molecule is Cc1cccc(Cn2cnc(Cl)c(N)c2=O)n1. The predicted molar refractivity (Wildman–Crippen MR) is 66.0 cm³/mol. The van der Waals surface area contributed by atoms with Crippen LogP contribution in [0.1, 0.15) is 11.4 Å². The Morgan fingerprint density at radius 1 is 1.47 bits per heavy atom. The largest absolute Gasteiger partial charge is 0.392 e. The highest BCUT2D eigenvalue weighted by Crippen LogP contribution is 2.08. The normalized spacial score (nSPS) is 10.5. The number of anilines is 1. The van der Waals surface area contributed by atoms with Crippen molar-refractivity contribution >= 4 is 17.3 Å². The van der Waals surface area contributed by atoms with Gasteiger partial charge in [0.15, 0.2) is 5.15 Å². The summed E-state index contributed by atoms with van der Waals surface area (Å²) in [6.07, 6.45) is 1.37. The highest BCUT2D eigenvalue weighted by atomic mass is 35.5. The highest BCUT2D eigenvalue weighted by Gasteiger charge is 2.06. The van der Waals surface area contributed by atoms with E-state index in [1.165, 1.54) is 10.9 Å². The lowest BCUT2D eigenvalue weighted by Crippen LogP contribution is -2.24. The molecule has 17 heavy (non-hydrogen) atoms. The maximum absolute atomic E-state index is 11.8. The molecule has 0 aromatic carbocycles. The van der Waals surface area contributed by atoms with Gasteiger partial charge in [0, 0.05) is 5.69 Å². The number of nitrogens with two attached hydrogens (primary N) is 1. The maximum Gasteiger partial charge on any atom is 0.278 e. The summed E-state index contributed by atoms with van der Waals surface area (Å²) in [6, 6.07) is 5.61. The van der Waals surface area contributed by atoms with Crippen molar-refractivity contribution in [2.75, 3.05) is 5.73 Å². The van der Waals surface area contributed by atoms with Crippen molar-refractivity contribution in [2.45, 2.75) is 13.5 Å². The fraction of sp³-hybridized carbons (Fsp3) is 0.182. The number of nitrogens with zero attached hydrogens (tertiary/aromatic N) is 3. The molecule has 0 fully saturated rings. The number of aryl methyl sites for hydroxylation is 1. The topological polar surface area (TPSA) is 73.8 Å². The van der Waals surface area contributed by atoms with Crippen molar-refractivity contribution in [3.63, 3.8) is 0 Å². The molecule has 0 unspecified atom stereocenters. The molecule has 5 nitrogen and oxygen atoms in total. The Morgan fingerprint density at radius 2 is 2.24 bits per heavy atom. The fourth-order valence-corrected chi connectivity index (χ4v) is 1.58. The molecule has 0 spiro atoms. The Morgan fingerprint density at radius 3 is 2.94 bits per heavy atom. The minimum Gasteiger partial charge on any atom is -0.392 e. The van der Waals surface area contributed by atoms with Crippen molar-refractivity contribution in [2.24, 2.45) is 0 Å². The van der Waals surface area contributed by atoms with E-state index in [-0.39, 0.29) is 16.4 Å². The summed E-state index contributed by atoms with van der Waals surface area (Å²) in [4.78, 5) is 19.9. The first-order valence-electron chi connectivity index (χ1n) is 5.01. The number of aromatic nitrogens is 3. The third-order valence-electron chi connectivity index (χ3n) is 2.30. The number of rotatable bonds is 2. The summed E-state index contributed by atoms with van der Waals surface area (Å²) in [5, 5.41) is 0.0310. The highest BCUT2D eigenvalue weighted by molar-refractivity contribution is 6.31. The number of halogens is 1. The molecule has 88 valence electrons. The van der Waals surface area contributed by atoms with E-state index in [1.54, 1.807) is 0 Å².